The minimum Gasteiger partial charge on any atom is -0.263 e. The molecule has 0 radical (unpaired) electrons. The maximum atomic E-state index is 12.6. The third-order valence-corrected chi connectivity index (χ3v) is 5.51. The molecule has 2 aromatic rings. The van der Waals surface area contributed by atoms with Crippen LogP contribution in [0, 0.1) is 5.92 Å². The summed E-state index contributed by atoms with van der Waals surface area (Å²) in [6, 6.07) is 3.44. The van der Waals surface area contributed by atoms with Crippen LogP contribution in [0.5, 0.6) is 0 Å². The summed E-state index contributed by atoms with van der Waals surface area (Å²) in [5.74, 6) is 0.589. The molecule has 0 saturated carbocycles. The van der Waals surface area contributed by atoms with Gasteiger partial charge in [-0.1, -0.05) is 6.92 Å². The first-order valence-corrected chi connectivity index (χ1v) is 7.82. The molecule has 1 fully saturated rings. The summed E-state index contributed by atoms with van der Waals surface area (Å²) in [6.07, 6.45) is 3.41. The molecule has 0 amide bonds. The molecule has 0 atom stereocenters. The Bertz CT molecular complexity index is 687. The average Bonchev–Trinajstić information content (AvgIpc) is 2.83. The van der Waals surface area contributed by atoms with Gasteiger partial charge in [0.05, 0.1) is 5.39 Å². The van der Waals surface area contributed by atoms with Crippen LogP contribution < -0.4 is 0 Å². The molecule has 0 aliphatic carbocycles. The number of H-pyrrole nitrogens is 1. The quantitative estimate of drug-likeness (QED) is 0.901. The highest BCUT2D eigenvalue weighted by atomic mass is 32.2. The van der Waals surface area contributed by atoms with Gasteiger partial charge in [0.15, 0.2) is 10.7 Å². The van der Waals surface area contributed by atoms with Crippen LogP contribution in [0.15, 0.2) is 23.4 Å². The van der Waals surface area contributed by atoms with Gasteiger partial charge in [-0.25, -0.2) is 13.4 Å². The molecule has 0 unspecified atom stereocenters. The van der Waals surface area contributed by atoms with E-state index in [1.54, 1.807) is 18.3 Å². The molecule has 1 N–H and O–H groups in total. The summed E-state index contributed by atoms with van der Waals surface area (Å²) in [5.41, 5.74) is 0.437. The maximum absolute atomic E-state index is 12.6. The van der Waals surface area contributed by atoms with Crippen LogP contribution in [0.4, 0.5) is 0 Å². The fourth-order valence-electron chi connectivity index (χ4n) is 2.38. The first kappa shape index (κ1) is 12.6. The van der Waals surface area contributed by atoms with Crippen molar-refractivity contribution in [3.8, 4) is 0 Å². The number of hydrogen-bond acceptors (Lipinski definition) is 4. The second kappa shape index (κ2) is 4.57. The van der Waals surface area contributed by atoms with Crippen LogP contribution >= 0.6 is 0 Å². The number of fused-ring (bicyclic) bond motifs is 1. The molecule has 0 spiro atoms. The number of aromatic amines is 1. The summed E-state index contributed by atoms with van der Waals surface area (Å²) >= 11 is 0. The first-order chi connectivity index (χ1) is 9.09. The zero-order valence-corrected chi connectivity index (χ0v) is 11.5. The Balaban J connectivity index is 2.00. The lowest BCUT2D eigenvalue weighted by atomic mass is 10.0. The van der Waals surface area contributed by atoms with Crippen molar-refractivity contribution >= 4 is 21.1 Å². The molecule has 1 saturated heterocycles. The summed E-state index contributed by atoms with van der Waals surface area (Å²) in [6.45, 7) is 3.30. The lowest BCUT2D eigenvalue weighted by molar-refractivity contribution is 0.287. The van der Waals surface area contributed by atoms with Gasteiger partial charge in [-0.15, -0.1) is 0 Å². The summed E-state index contributed by atoms with van der Waals surface area (Å²) < 4.78 is 26.7. The van der Waals surface area contributed by atoms with Crippen molar-refractivity contribution in [2.24, 2.45) is 5.92 Å². The van der Waals surface area contributed by atoms with E-state index in [2.05, 4.69) is 22.1 Å². The Hall–Kier alpha value is -1.47. The number of nitrogens with one attached hydrogen (secondary N) is 1. The van der Waals surface area contributed by atoms with Gasteiger partial charge < -0.3 is 0 Å². The zero-order chi connectivity index (χ0) is 13.5. The first-order valence-electron chi connectivity index (χ1n) is 6.38. The number of hydrogen-bond donors (Lipinski definition) is 1. The van der Waals surface area contributed by atoms with E-state index >= 15 is 0 Å². The largest absolute Gasteiger partial charge is 0.263 e. The average molecular weight is 280 g/mol. The van der Waals surface area contributed by atoms with Crippen molar-refractivity contribution < 1.29 is 8.42 Å². The molecule has 1 aliphatic rings. The van der Waals surface area contributed by atoms with Crippen molar-refractivity contribution in [2.75, 3.05) is 13.1 Å². The van der Waals surface area contributed by atoms with Crippen LogP contribution in [-0.2, 0) is 10.0 Å². The van der Waals surface area contributed by atoms with Gasteiger partial charge in [0.1, 0.15) is 0 Å². The van der Waals surface area contributed by atoms with Crippen LogP contribution in [0.1, 0.15) is 19.8 Å². The molecule has 3 rings (SSSR count). The van der Waals surface area contributed by atoms with Crippen LogP contribution in [-0.4, -0.2) is 41.0 Å². The highest BCUT2D eigenvalue weighted by Crippen LogP contribution is 2.26. The number of rotatable bonds is 2. The molecule has 0 bridgehead atoms. The highest BCUT2D eigenvalue weighted by Gasteiger charge is 2.30. The topological polar surface area (TPSA) is 79.0 Å². The fraction of sp³-hybridized carbons (Fsp3) is 0.500. The van der Waals surface area contributed by atoms with E-state index in [0.29, 0.717) is 30.0 Å². The Morgan fingerprint density at radius 2 is 2.11 bits per heavy atom. The number of sulfonamides is 1. The molecule has 6 nitrogen and oxygen atoms in total. The van der Waals surface area contributed by atoms with E-state index in [9.17, 15) is 8.42 Å². The second-order valence-corrected chi connectivity index (χ2v) is 6.89. The Morgan fingerprint density at radius 1 is 1.37 bits per heavy atom. The van der Waals surface area contributed by atoms with Gasteiger partial charge in [0.2, 0.25) is 0 Å². The zero-order valence-electron chi connectivity index (χ0n) is 10.7. The van der Waals surface area contributed by atoms with Gasteiger partial charge in [0, 0.05) is 19.3 Å². The minimum atomic E-state index is -3.49. The highest BCUT2D eigenvalue weighted by molar-refractivity contribution is 7.89. The Kier molecular flexibility index (Phi) is 3.02. The molecule has 7 heteroatoms. The van der Waals surface area contributed by atoms with E-state index < -0.39 is 10.0 Å². The van der Waals surface area contributed by atoms with Crippen LogP contribution in [0.2, 0.25) is 0 Å². The van der Waals surface area contributed by atoms with Crippen LogP contribution in [0.3, 0.4) is 0 Å². The number of aromatic nitrogens is 3. The van der Waals surface area contributed by atoms with Gasteiger partial charge in [-0.2, -0.15) is 9.40 Å². The monoisotopic (exact) mass is 280 g/mol. The summed E-state index contributed by atoms with van der Waals surface area (Å²) in [7, 11) is -3.49. The van der Waals surface area contributed by atoms with Gasteiger partial charge >= 0.3 is 0 Å². The summed E-state index contributed by atoms with van der Waals surface area (Å²) in [5, 5.41) is 7.29. The van der Waals surface area contributed by atoms with Crippen molar-refractivity contribution in [3.63, 3.8) is 0 Å². The predicted molar refractivity (Wildman–Crippen MR) is 71.0 cm³/mol. The third-order valence-electron chi connectivity index (χ3n) is 3.64. The smallest absolute Gasteiger partial charge is 0.260 e. The maximum Gasteiger partial charge on any atom is 0.260 e. The molecule has 19 heavy (non-hydrogen) atoms. The Labute approximate surface area is 111 Å². The molecule has 1 aliphatic heterocycles. The van der Waals surface area contributed by atoms with Gasteiger partial charge in [-0.3, -0.25) is 5.10 Å². The second-order valence-electron chi connectivity index (χ2n) is 5.01. The predicted octanol–water partition coefficient (Wildman–Crippen LogP) is 1.38. The standard InChI is InChI=1S/C12H16N4O2S/c1-9-4-7-16(8-5-9)19(17,18)12-10-3-2-6-13-11(10)14-15-12/h2-3,6,9H,4-5,7-8H2,1H3,(H,13,14,15). The number of pyridine rings is 1. The molecule has 3 heterocycles. The fourth-order valence-corrected chi connectivity index (χ4v) is 3.93. The van der Waals surface area contributed by atoms with E-state index in [-0.39, 0.29) is 5.03 Å². The van der Waals surface area contributed by atoms with Gasteiger partial charge in [0.25, 0.3) is 10.0 Å². The van der Waals surface area contributed by atoms with E-state index in [1.165, 1.54) is 4.31 Å². The van der Waals surface area contributed by atoms with Crippen LogP contribution in [0.25, 0.3) is 11.0 Å². The Morgan fingerprint density at radius 3 is 2.84 bits per heavy atom. The third kappa shape index (κ3) is 2.12. The lowest BCUT2D eigenvalue weighted by Gasteiger charge is -2.28. The van der Waals surface area contributed by atoms with E-state index in [4.69, 9.17) is 0 Å². The molecular formula is C12H16N4O2S. The minimum absolute atomic E-state index is 0.158. The van der Waals surface area contributed by atoms with Crippen molar-refractivity contribution in [2.45, 2.75) is 24.8 Å². The van der Waals surface area contributed by atoms with E-state index in [1.807, 2.05) is 0 Å². The van der Waals surface area contributed by atoms with Crippen molar-refractivity contribution in [1.82, 2.24) is 19.5 Å². The molecule has 2 aromatic heterocycles. The van der Waals surface area contributed by atoms with E-state index in [0.717, 1.165) is 12.8 Å². The molecule has 0 aromatic carbocycles. The van der Waals surface area contributed by atoms with Crippen molar-refractivity contribution in [1.29, 1.82) is 0 Å². The lowest BCUT2D eigenvalue weighted by Crippen LogP contribution is -2.38. The molecular weight excluding hydrogens is 264 g/mol. The van der Waals surface area contributed by atoms with Gasteiger partial charge in [-0.05, 0) is 30.9 Å². The normalized spacial score (nSPS) is 19.0. The molecule has 102 valence electrons. The number of piperidine rings is 1. The van der Waals surface area contributed by atoms with Crippen molar-refractivity contribution in [3.05, 3.63) is 18.3 Å². The summed E-state index contributed by atoms with van der Waals surface area (Å²) in [4.78, 5) is 4.05. The number of nitrogens with zero attached hydrogens (tertiary/aromatic N) is 3. The SMILES string of the molecule is CC1CCN(S(=O)(=O)c2[nH]nc3ncccc23)CC1.